The van der Waals surface area contributed by atoms with Gasteiger partial charge in [-0.25, -0.2) is 0 Å². The van der Waals surface area contributed by atoms with Crippen LogP contribution in [0.15, 0.2) is 48.5 Å². The number of carbonyl (C=O) groups is 3. The van der Waals surface area contributed by atoms with Crippen molar-refractivity contribution in [1.29, 1.82) is 0 Å². The van der Waals surface area contributed by atoms with Gasteiger partial charge in [-0.1, -0.05) is 68.3 Å². The van der Waals surface area contributed by atoms with Crippen LogP contribution in [-0.4, -0.2) is 39.5 Å². The summed E-state index contributed by atoms with van der Waals surface area (Å²) in [7, 11) is 0. The topological polar surface area (TPSA) is 78.5 Å². The van der Waals surface area contributed by atoms with Crippen LogP contribution in [0.5, 0.6) is 0 Å². The van der Waals surface area contributed by atoms with Crippen LogP contribution in [0.1, 0.15) is 61.0 Å². The lowest BCUT2D eigenvalue weighted by molar-refractivity contribution is -0.133. The SMILES string of the molecule is CC[C@H](C)[C@H](NC(=O)[C@H]1N2C(=O)c3ccccc3[C@H]2SC1(C)C)C(=O)NCc1ccccc1Cl. The minimum Gasteiger partial charge on any atom is -0.350 e. The number of amides is 3. The molecule has 0 spiro atoms. The van der Waals surface area contributed by atoms with Crippen LogP contribution in [0.2, 0.25) is 5.02 Å². The third-order valence-electron chi connectivity index (χ3n) is 6.75. The fraction of sp³-hybridized carbons (Fsp3) is 0.423. The van der Waals surface area contributed by atoms with E-state index in [1.165, 1.54) is 0 Å². The van der Waals surface area contributed by atoms with E-state index in [1.807, 2.05) is 70.2 Å². The molecule has 0 saturated carbocycles. The van der Waals surface area contributed by atoms with Crippen LogP contribution < -0.4 is 10.6 Å². The molecule has 8 heteroatoms. The third-order valence-corrected chi connectivity index (χ3v) is 8.65. The Morgan fingerprint density at radius 1 is 1.15 bits per heavy atom. The molecule has 180 valence electrons. The molecule has 0 aliphatic carbocycles. The van der Waals surface area contributed by atoms with Gasteiger partial charge in [0.1, 0.15) is 17.5 Å². The van der Waals surface area contributed by atoms with E-state index in [-0.39, 0.29) is 35.6 Å². The largest absolute Gasteiger partial charge is 0.350 e. The van der Waals surface area contributed by atoms with Crippen LogP contribution in [0.4, 0.5) is 0 Å². The molecule has 0 aromatic heterocycles. The van der Waals surface area contributed by atoms with E-state index in [4.69, 9.17) is 11.6 Å². The Morgan fingerprint density at radius 2 is 1.82 bits per heavy atom. The minimum atomic E-state index is -0.722. The molecule has 4 atom stereocenters. The Balaban J connectivity index is 1.53. The first-order chi connectivity index (χ1) is 16.2. The van der Waals surface area contributed by atoms with Gasteiger partial charge in [0.15, 0.2) is 0 Å². The van der Waals surface area contributed by atoms with Gasteiger partial charge in [-0.05, 0) is 43.0 Å². The smallest absolute Gasteiger partial charge is 0.256 e. The minimum absolute atomic E-state index is 0.0883. The number of nitrogens with one attached hydrogen (secondary N) is 2. The summed E-state index contributed by atoms with van der Waals surface area (Å²) in [4.78, 5) is 41.7. The van der Waals surface area contributed by atoms with Crippen molar-refractivity contribution in [3.05, 3.63) is 70.2 Å². The highest BCUT2D eigenvalue weighted by Gasteiger charge is 2.57. The second kappa shape index (κ2) is 9.62. The van der Waals surface area contributed by atoms with Crippen molar-refractivity contribution in [3.8, 4) is 0 Å². The molecule has 0 bridgehead atoms. The van der Waals surface area contributed by atoms with E-state index in [2.05, 4.69) is 10.6 Å². The van der Waals surface area contributed by atoms with Crippen molar-refractivity contribution in [2.24, 2.45) is 5.92 Å². The molecule has 2 aromatic carbocycles. The summed E-state index contributed by atoms with van der Waals surface area (Å²) in [5.74, 6) is -0.797. The zero-order valence-corrected chi connectivity index (χ0v) is 21.4. The number of nitrogens with zero attached hydrogens (tertiary/aromatic N) is 1. The molecule has 4 rings (SSSR count). The average Bonchev–Trinajstić information content (AvgIpc) is 3.25. The van der Waals surface area contributed by atoms with Gasteiger partial charge in [0, 0.05) is 21.9 Å². The van der Waals surface area contributed by atoms with Crippen LogP contribution in [0.3, 0.4) is 0 Å². The first-order valence-corrected chi connectivity index (χ1v) is 12.8. The zero-order valence-electron chi connectivity index (χ0n) is 19.8. The number of halogens is 1. The molecule has 2 aliphatic rings. The highest BCUT2D eigenvalue weighted by molar-refractivity contribution is 8.01. The van der Waals surface area contributed by atoms with Crippen LogP contribution >= 0.6 is 23.4 Å². The quantitative estimate of drug-likeness (QED) is 0.586. The molecule has 2 aliphatic heterocycles. The Bertz CT molecular complexity index is 1120. The predicted molar refractivity (Wildman–Crippen MR) is 135 cm³/mol. The Hall–Kier alpha value is -2.51. The molecule has 2 N–H and O–H groups in total. The number of thioether (sulfide) groups is 1. The molecule has 1 saturated heterocycles. The van der Waals surface area contributed by atoms with Crippen molar-refractivity contribution in [1.82, 2.24) is 15.5 Å². The predicted octanol–water partition coefficient (Wildman–Crippen LogP) is 4.54. The van der Waals surface area contributed by atoms with Gasteiger partial charge < -0.3 is 15.5 Å². The molecule has 0 radical (unpaired) electrons. The zero-order chi connectivity index (χ0) is 24.6. The van der Waals surface area contributed by atoms with Gasteiger partial charge in [-0.3, -0.25) is 14.4 Å². The van der Waals surface area contributed by atoms with Gasteiger partial charge >= 0.3 is 0 Å². The molecule has 34 heavy (non-hydrogen) atoms. The van der Waals surface area contributed by atoms with Crippen LogP contribution in [0, 0.1) is 5.92 Å². The maximum absolute atomic E-state index is 13.6. The second-order valence-corrected chi connectivity index (χ2v) is 11.6. The lowest BCUT2D eigenvalue weighted by atomic mass is 9.95. The van der Waals surface area contributed by atoms with E-state index < -0.39 is 16.8 Å². The lowest BCUT2D eigenvalue weighted by Crippen LogP contribution is -2.58. The third kappa shape index (κ3) is 4.43. The number of carbonyl (C=O) groups excluding carboxylic acids is 3. The lowest BCUT2D eigenvalue weighted by Gasteiger charge is -2.32. The summed E-state index contributed by atoms with van der Waals surface area (Å²) in [5, 5.41) is 6.28. The van der Waals surface area contributed by atoms with E-state index in [0.29, 0.717) is 17.0 Å². The monoisotopic (exact) mass is 499 g/mol. The second-order valence-electron chi connectivity index (χ2n) is 9.46. The van der Waals surface area contributed by atoms with E-state index in [9.17, 15) is 14.4 Å². The fourth-order valence-electron chi connectivity index (χ4n) is 4.67. The van der Waals surface area contributed by atoms with Gasteiger partial charge in [0.2, 0.25) is 11.8 Å². The summed E-state index contributed by atoms with van der Waals surface area (Å²) in [5.41, 5.74) is 2.39. The summed E-state index contributed by atoms with van der Waals surface area (Å²) in [6.45, 7) is 8.15. The van der Waals surface area contributed by atoms with Crippen molar-refractivity contribution in [2.75, 3.05) is 0 Å². The molecule has 6 nitrogen and oxygen atoms in total. The van der Waals surface area contributed by atoms with Gasteiger partial charge in [0.25, 0.3) is 5.91 Å². The molecule has 3 amide bonds. The molecule has 0 unspecified atom stereocenters. The summed E-state index contributed by atoms with van der Waals surface area (Å²) < 4.78 is -0.508. The van der Waals surface area contributed by atoms with E-state index in [1.54, 1.807) is 22.7 Å². The van der Waals surface area contributed by atoms with Crippen LogP contribution in [-0.2, 0) is 16.1 Å². The highest BCUT2D eigenvalue weighted by atomic mass is 35.5. The number of fused-ring (bicyclic) bond motifs is 3. The number of rotatable bonds is 7. The number of hydrogen-bond donors (Lipinski definition) is 2. The average molecular weight is 500 g/mol. The van der Waals surface area contributed by atoms with Gasteiger partial charge in [-0.15, -0.1) is 11.8 Å². The van der Waals surface area contributed by atoms with E-state index in [0.717, 1.165) is 11.1 Å². The molecule has 2 heterocycles. The van der Waals surface area contributed by atoms with Gasteiger partial charge in [-0.2, -0.15) is 0 Å². The van der Waals surface area contributed by atoms with E-state index >= 15 is 0 Å². The molecular formula is C26H30ClN3O3S. The first-order valence-electron chi connectivity index (χ1n) is 11.6. The molecule has 1 fully saturated rings. The normalized spacial score (nSPS) is 22.0. The Kier molecular flexibility index (Phi) is 6.97. The van der Waals surface area contributed by atoms with Crippen molar-refractivity contribution < 1.29 is 14.4 Å². The number of hydrogen-bond acceptors (Lipinski definition) is 4. The highest BCUT2D eigenvalue weighted by Crippen LogP contribution is 2.56. The Morgan fingerprint density at radius 3 is 2.53 bits per heavy atom. The molecule has 2 aromatic rings. The number of benzene rings is 2. The Labute approximate surface area is 209 Å². The maximum atomic E-state index is 13.6. The van der Waals surface area contributed by atoms with Crippen molar-refractivity contribution in [3.63, 3.8) is 0 Å². The molecular weight excluding hydrogens is 470 g/mol. The van der Waals surface area contributed by atoms with Gasteiger partial charge in [0.05, 0.1) is 0 Å². The summed E-state index contributed by atoms with van der Waals surface area (Å²) >= 11 is 7.83. The van der Waals surface area contributed by atoms with Crippen molar-refractivity contribution >= 4 is 41.1 Å². The first kappa shape index (κ1) is 24.6. The van der Waals surface area contributed by atoms with Crippen LogP contribution in [0.25, 0.3) is 0 Å². The summed E-state index contributed by atoms with van der Waals surface area (Å²) in [6.07, 6.45) is 0.712. The standard InChI is InChI=1S/C26H30ClN3O3S/c1-5-15(2)20(22(31)28-14-16-10-6-9-13-19(16)27)29-23(32)21-26(3,4)34-25-18-12-8-7-11-17(18)24(33)30(21)25/h6-13,15,20-21,25H,5,14H2,1-4H3,(H,28,31)(H,29,32)/t15-,20-,21+,25+/m0/s1. The summed E-state index contributed by atoms with van der Waals surface area (Å²) in [6, 6.07) is 13.4. The van der Waals surface area contributed by atoms with Crippen molar-refractivity contribution in [2.45, 2.75) is 62.9 Å². The fourth-order valence-corrected chi connectivity index (χ4v) is 6.46. The maximum Gasteiger partial charge on any atom is 0.256 e.